The lowest BCUT2D eigenvalue weighted by Crippen LogP contribution is -2.38. The molecule has 2 heterocycles. The van der Waals surface area contributed by atoms with Crippen LogP contribution in [0.4, 0.5) is 10.6 Å². The largest absolute Gasteiger partial charge is 0.383 e. The monoisotopic (exact) mass is 282 g/mol. The zero-order valence-electron chi connectivity index (χ0n) is 12.0. The summed E-state index contributed by atoms with van der Waals surface area (Å²) in [6.45, 7) is 5.42. The quantitative estimate of drug-likeness (QED) is 0.818. The predicted molar refractivity (Wildman–Crippen MR) is 74.7 cm³/mol. The topological polar surface area (TPSA) is 77.4 Å². The first-order chi connectivity index (χ1) is 9.61. The molecule has 2 amide bonds. The summed E-state index contributed by atoms with van der Waals surface area (Å²) in [5.41, 5.74) is 0.0369. The number of amides is 2. The molecule has 1 fully saturated rings. The fourth-order valence-corrected chi connectivity index (χ4v) is 2.04. The van der Waals surface area contributed by atoms with Crippen LogP contribution in [0.15, 0.2) is 12.3 Å². The number of carbonyl (C=O) groups is 1. The predicted octanol–water partition coefficient (Wildman–Crippen LogP) is 1.08. The summed E-state index contributed by atoms with van der Waals surface area (Å²) in [6, 6.07) is 1.52. The van der Waals surface area contributed by atoms with Gasteiger partial charge in [-0.25, -0.2) is 4.79 Å². The Morgan fingerprint density at radius 3 is 3.20 bits per heavy atom. The molecule has 2 rings (SSSR count). The fourth-order valence-electron chi connectivity index (χ4n) is 2.04. The molecule has 1 aliphatic heterocycles. The van der Waals surface area contributed by atoms with Crippen LogP contribution in [-0.2, 0) is 16.0 Å². The number of rotatable bonds is 6. The van der Waals surface area contributed by atoms with Crippen LogP contribution in [0.1, 0.15) is 13.3 Å². The first-order valence-corrected chi connectivity index (χ1v) is 6.76. The molecular formula is C13H22N4O3. The van der Waals surface area contributed by atoms with Crippen LogP contribution in [0.3, 0.4) is 0 Å². The summed E-state index contributed by atoms with van der Waals surface area (Å²) >= 11 is 0. The molecule has 2 N–H and O–H groups in total. The number of hydrogen-bond acceptors (Lipinski definition) is 4. The maximum atomic E-state index is 11.8. The summed E-state index contributed by atoms with van der Waals surface area (Å²) in [5, 5.41) is 9.80. The van der Waals surface area contributed by atoms with Crippen molar-refractivity contribution < 1.29 is 14.3 Å². The average Bonchev–Trinajstić information content (AvgIpc) is 3.04. The van der Waals surface area contributed by atoms with Crippen LogP contribution < -0.4 is 10.6 Å². The van der Waals surface area contributed by atoms with Crippen LogP contribution in [0.5, 0.6) is 0 Å². The molecule has 1 atom stereocenters. The van der Waals surface area contributed by atoms with E-state index >= 15 is 0 Å². The Labute approximate surface area is 118 Å². The lowest BCUT2D eigenvalue weighted by molar-refractivity contribution is 0.159. The smallest absolute Gasteiger partial charge is 0.320 e. The van der Waals surface area contributed by atoms with Crippen LogP contribution >= 0.6 is 0 Å². The van der Waals surface area contributed by atoms with Gasteiger partial charge in [-0.2, -0.15) is 5.10 Å². The van der Waals surface area contributed by atoms with E-state index in [4.69, 9.17) is 9.47 Å². The molecule has 1 aromatic rings. The highest BCUT2D eigenvalue weighted by Gasteiger charge is 2.29. The van der Waals surface area contributed by atoms with Gasteiger partial charge in [0.25, 0.3) is 0 Å². The van der Waals surface area contributed by atoms with Crippen molar-refractivity contribution in [3.05, 3.63) is 12.3 Å². The number of hydrogen-bond donors (Lipinski definition) is 2. The standard InChI is InChI=1S/C13H22N4O3/c1-13(4-7-20-10-13)9-14-12(18)15-11-3-5-17(16-11)6-8-19-2/h3,5H,4,6-10H2,1-2H3,(H2,14,15,16,18). The number of anilines is 1. The molecule has 20 heavy (non-hydrogen) atoms. The highest BCUT2D eigenvalue weighted by Crippen LogP contribution is 2.26. The summed E-state index contributed by atoms with van der Waals surface area (Å²) in [4.78, 5) is 11.8. The SMILES string of the molecule is COCCn1ccc(NC(=O)NCC2(C)CCOC2)n1. The zero-order valence-corrected chi connectivity index (χ0v) is 12.0. The highest BCUT2D eigenvalue weighted by molar-refractivity contribution is 5.88. The average molecular weight is 282 g/mol. The Balaban J connectivity index is 1.75. The minimum Gasteiger partial charge on any atom is -0.383 e. The van der Waals surface area contributed by atoms with Gasteiger partial charge in [0, 0.05) is 37.9 Å². The molecule has 0 spiro atoms. The molecule has 0 aliphatic carbocycles. The zero-order chi connectivity index (χ0) is 14.4. The Bertz CT molecular complexity index is 441. The van der Waals surface area contributed by atoms with Gasteiger partial charge in [0.1, 0.15) is 0 Å². The van der Waals surface area contributed by atoms with E-state index < -0.39 is 0 Å². The van der Waals surface area contributed by atoms with Gasteiger partial charge in [0.2, 0.25) is 0 Å². The Morgan fingerprint density at radius 2 is 2.50 bits per heavy atom. The molecule has 0 aromatic carbocycles. The third-order valence-electron chi connectivity index (χ3n) is 3.38. The van der Waals surface area contributed by atoms with Crippen LogP contribution in [-0.4, -0.2) is 49.3 Å². The number of nitrogens with one attached hydrogen (secondary N) is 2. The lowest BCUT2D eigenvalue weighted by atomic mass is 9.90. The van der Waals surface area contributed by atoms with Crippen LogP contribution in [0, 0.1) is 5.41 Å². The maximum absolute atomic E-state index is 11.8. The van der Waals surface area contributed by atoms with E-state index in [0.29, 0.717) is 32.1 Å². The van der Waals surface area contributed by atoms with E-state index in [1.807, 2.05) is 0 Å². The Kier molecular flexibility index (Phi) is 4.97. The van der Waals surface area contributed by atoms with Crippen LogP contribution in [0.25, 0.3) is 0 Å². The molecule has 7 heteroatoms. The van der Waals surface area contributed by atoms with E-state index in [-0.39, 0.29) is 11.4 Å². The maximum Gasteiger partial charge on any atom is 0.320 e. The third kappa shape index (κ3) is 4.21. The molecule has 112 valence electrons. The fraction of sp³-hybridized carbons (Fsp3) is 0.692. The molecule has 0 radical (unpaired) electrons. The van der Waals surface area contributed by atoms with Crippen LogP contribution in [0.2, 0.25) is 0 Å². The van der Waals surface area contributed by atoms with E-state index in [1.165, 1.54) is 0 Å². The van der Waals surface area contributed by atoms with Crippen molar-refractivity contribution in [2.45, 2.75) is 19.9 Å². The second-order valence-corrected chi connectivity index (χ2v) is 5.38. The van der Waals surface area contributed by atoms with E-state index in [9.17, 15) is 4.79 Å². The molecule has 7 nitrogen and oxygen atoms in total. The Morgan fingerprint density at radius 1 is 1.65 bits per heavy atom. The first kappa shape index (κ1) is 14.8. The lowest BCUT2D eigenvalue weighted by Gasteiger charge is -2.21. The molecule has 1 saturated heterocycles. The number of nitrogens with zero attached hydrogens (tertiary/aromatic N) is 2. The second kappa shape index (κ2) is 6.71. The number of ether oxygens (including phenoxy) is 2. The minimum absolute atomic E-state index is 0.0369. The van der Waals surface area contributed by atoms with Crippen molar-refractivity contribution in [2.75, 3.05) is 38.8 Å². The highest BCUT2D eigenvalue weighted by atomic mass is 16.5. The molecule has 1 unspecified atom stereocenters. The van der Waals surface area contributed by atoms with Crippen molar-refractivity contribution in [1.29, 1.82) is 0 Å². The third-order valence-corrected chi connectivity index (χ3v) is 3.38. The Hall–Kier alpha value is -1.60. The number of aromatic nitrogens is 2. The molecule has 1 aliphatic rings. The van der Waals surface area contributed by atoms with Gasteiger partial charge in [-0.15, -0.1) is 0 Å². The molecule has 0 bridgehead atoms. The van der Waals surface area contributed by atoms with Crippen molar-refractivity contribution in [3.63, 3.8) is 0 Å². The first-order valence-electron chi connectivity index (χ1n) is 6.76. The van der Waals surface area contributed by atoms with Crippen molar-refractivity contribution >= 4 is 11.8 Å². The van der Waals surface area contributed by atoms with Gasteiger partial charge in [-0.05, 0) is 6.42 Å². The molecule has 0 saturated carbocycles. The normalized spacial score (nSPS) is 21.9. The van der Waals surface area contributed by atoms with Gasteiger partial charge in [0.05, 0.1) is 19.8 Å². The summed E-state index contributed by atoms with van der Waals surface area (Å²) in [5.74, 6) is 0.534. The van der Waals surface area contributed by atoms with Crippen molar-refractivity contribution in [3.8, 4) is 0 Å². The minimum atomic E-state index is -0.241. The number of carbonyl (C=O) groups excluding carboxylic acids is 1. The van der Waals surface area contributed by atoms with Gasteiger partial charge in [-0.1, -0.05) is 6.92 Å². The number of urea groups is 1. The van der Waals surface area contributed by atoms with Crippen molar-refractivity contribution in [1.82, 2.24) is 15.1 Å². The van der Waals surface area contributed by atoms with Gasteiger partial charge in [0.15, 0.2) is 5.82 Å². The van der Waals surface area contributed by atoms with Gasteiger partial charge < -0.3 is 14.8 Å². The van der Waals surface area contributed by atoms with E-state index in [0.717, 1.165) is 13.0 Å². The molecule has 1 aromatic heterocycles. The number of methoxy groups -OCH3 is 1. The summed E-state index contributed by atoms with van der Waals surface area (Å²) in [6.07, 6.45) is 2.78. The summed E-state index contributed by atoms with van der Waals surface area (Å²) < 4.78 is 12.1. The van der Waals surface area contributed by atoms with E-state index in [2.05, 4.69) is 22.7 Å². The molecular weight excluding hydrogens is 260 g/mol. The van der Waals surface area contributed by atoms with E-state index in [1.54, 1.807) is 24.1 Å². The summed E-state index contributed by atoms with van der Waals surface area (Å²) in [7, 11) is 1.64. The van der Waals surface area contributed by atoms with Crippen molar-refractivity contribution in [2.24, 2.45) is 5.41 Å². The van der Waals surface area contributed by atoms with Gasteiger partial charge in [-0.3, -0.25) is 10.00 Å². The van der Waals surface area contributed by atoms with Gasteiger partial charge >= 0.3 is 6.03 Å². The second-order valence-electron chi connectivity index (χ2n) is 5.38.